The monoisotopic (exact) mass is 499 g/mol. The second-order valence-corrected chi connectivity index (χ2v) is 8.23. The Kier molecular flexibility index (Phi) is 20.5. The van der Waals surface area contributed by atoms with E-state index in [9.17, 15) is 0 Å². The SMILES string of the molecule is C=C.C=C(C)C.C=C(Nc1ccccc1C)N(C)C(C)=Nc1ccccc1.CC.Cc1ccccc1C. The van der Waals surface area contributed by atoms with Crippen LogP contribution in [0.15, 0.2) is 122 Å². The molecule has 0 atom stereocenters. The van der Waals surface area contributed by atoms with Crippen molar-refractivity contribution in [1.29, 1.82) is 0 Å². The molecule has 0 fully saturated rings. The number of rotatable bonds is 4. The molecule has 0 aliphatic rings. The lowest BCUT2D eigenvalue weighted by Gasteiger charge is -2.23. The van der Waals surface area contributed by atoms with E-state index in [2.05, 4.69) is 87.7 Å². The first kappa shape index (κ1) is 35.3. The highest BCUT2D eigenvalue weighted by molar-refractivity contribution is 5.84. The minimum Gasteiger partial charge on any atom is -0.342 e. The quantitative estimate of drug-likeness (QED) is 0.220. The zero-order valence-corrected chi connectivity index (χ0v) is 24.7. The van der Waals surface area contributed by atoms with Crippen molar-refractivity contribution in [1.82, 2.24) is 4.90 Å². The second kappa shape index (κ2) is 21.4. The first-order chi connectivity index (χ1) is 17.6. The fourth-order valence-electron chi connectivity index (χ4n) is 2.57. The van der Waals surface area contributed by atoms with Crippen LogP contribution in [-0.2, 0) is 0 Å². The summed E-state index contributed by atoms with van der Waals surface area (Å²) in [6, 6.07) is 26.4. The summed E-state index contributed by atoms with van der Waals surface area (Å²) in [5, 5.41) is 3.33. The Balaban J connectivity index is 0. The van der Waals surface area contributed by atoms with Crippen molar-refractivity contribution in [2.24, 2.45) is 4.99 Å². The molecule has 0 amide bonds. The summed E-state index contributed by atoms with van der Waals surface area (Å²) < 4.78 is 0. The fraction of sp³-hybridized carbons (Fsp3) is 0.265. The number of aliphatic imine (C=N–C) groups is 1. The van der Waals surface area contributed by atoms with Crippen molar-refractivity contribution in [3.63, 3.8) is 0 Å². The molecule has 0 radical (unpaired) electrons. The van der Waals surface area contributed by atoms with E-state index in [0.29, 0.717) is 0 Å². The van der Waals surface area contributed by atoms with Crippen LogP contribution in [0.3, 0.4) is 0 Å². The van der Waals surface area contributed by atoms with E-state index in [1.165, 1.54) is 22.3 Å². The molecule has 0 bridgehead atoms. The number of anilines is 1. The number of para-hydroxylation sites is 2. The molecule has 0 aliphatic heterocycles. The molecule has 0 spiro atoms. The van der Waals surface area contributed by atoms with Gasteiger partial charge in [-0.05, 0) is 76.4 Å². The van der Waals surface area contributed by atoms with Crippen LogP contribution >= 0.6 is 0 Å². The second-order valence-electron chi connectivity index (χ2n) is 8.23. The molecular formula is C34H49N3. The van der Waals surface area contributed by atoms with Crippen LogP contribution in [0.4, 0.5) is 11.4 Å². The molecule has 0 saturated carbocycles. The Morgan fingerprint density at radius 2 is 1.05 bits per heavy atom. The molecule has 0 aliphatic carbocycles. The van der Waals surface area contributed by atoms with Gasteiger partial charge in [0, 0.05) is 12.7 Å². The van der Waals surface area contributed by atoms with Crippen LogP contribution in [-0.4, -0.2) is 17.8 Å². The highest BCUT2D eigenvalue weighted by Gasteiger charge is 2.07. The van der Waals surface area contributed by atoms with Crippen LogP contribution in [0, 0.1) is 20.8 Å². The van der Waals surface area contributed by atoms with E-state index >= 15 is 0 Å². The molecule has 37 heavy (non-hydrogen) atoms. The molecule has 0 heterocycles. The summed E-state index contributed by atoms with van der Waals surface area (Å²) >= 11 is 0. The maximum Gasteiger partial charge on any atom is 0.107 e. The Bertz CT molecular complexity index is 1040. The molecule has 0 saturated heterocycles. The Morgan fingerprint density at radius 3 is 1.46 bits per heavy atom. The van der Waals surface area contributed by atoms with Gasteiger partial charge in [-0.2, -0.15) is 0 Å². The lowest BCUT2D eigenvalue weighted by atomic mass is 10.1. The highest BCUT2D eigenvalue weighted by atomic mass is 15.3. The zero-order chi connectivity index (χ0) is 28.8. The summed E-state index contributed by atoms with van der Waals surface area (Å²) in [5.41, 5.74) is 7.08. The largest absolute Gasteiger partial charge is 0.342 e. The van der Waals surface area contributed by atoms with Crippen LogP contribution in [0.1, 0.15) is 51.3 Å². The van der Waals surface area contributed by atoms with Gasteiger partial charge in [-0.1, -0.05) is 86.7 Å². The fourth-order valence-corrected chi connectivity index (χ4v) is 2.57. The maximum absolute atomic E-state index is 4.59. The Hall–Kier alpha value is -3.85. The van der Waals surface area contributed by atoms with E-state index in [1.54, 1.807) is 0 Å². The van der Waals surface area contributed by atoms with Gasteiger partial charge in [-0.25, -0.2) is 4.99 Å². The van der Waals surface area contributed by atoms with Crippen molar-refractivity contribution in [3.8, 4) is 0 Å². The Morgan fingerprint density at radius 1 is 0.676 bits per heavy atom. The van der Waals surface area contributed by atoms with Crippen LogP contribution in [0.25, 0.3) is 0 Å². The van der Waals surface area contributed by atoms with Gasteiger partial charge in [0.1, 0.15) is 11.7 Å². The predicted molar refractivity (Wildman–Crippen MR) is 170 cm³/mol. The third-order valence-corrected chi connectivity index (χ3v) is 4.79. The van der Waals surface area contributed by atoms with Crippen molar-refractivity contribution in [2.75, 3.05) is 12.4 Å². The first-order valence-electron chi connectivity index (χ1n) is 12.6. The third kappa shape index (κ3) is 16.4. The van der Waals surface area contributed by atoms with Crippen molar-refractivity contribution in [2.45, 2.75) is 55.4 Å². The molecule has 200 valence electrons. The number of hydrogen-bond acceptors (Lipinski definition) is 2. The molecule has 3 rings (SSSR count). The van der Waals surface area contributed by atoms with Gasteiger partial charge in [-0.15, -0.1) is 19.7 Å². The van der Waals surface area contributed by atoms with Gasteiger partial charge in [0.2, 0.25) is 0 Å². The van der Waals surface area contributed by atoms with Gasteiger partial charge in [-0.3, -0.25) is 0 Å². The number of nitrogens with zero attached hydrogens (tertiary/aromatic N) is 2. The van der Waals surface area contributed by atoms with Gasteiger partial charge >= 0.3 is 0 Å². The van der Waals surface area contributed by atoms with Gasteiger partial charge in [0.15, 0.2) is 0 Å². The predicted octanol–water partition coefficient (Wildman–Crippen LogP) is 10.3. The van der Waals surface area contributed by atoms with E-state index in [0.717, 1.165) is 23.0 Å². The van der Waals surface area contributed by atoms with Crippen molar-refractivity contribution in [3.05, 3.63) is 133 Å². The van der Waals surface area contributed by atoms with Crippen LogP contribution in [0.5, 0.6) is 0 Å². The molecule has 3 heteroatoms. The number of hydrogen-bond donors (Lipinski definition) is 1. The normalized spacial score (nSPS) is 9.27. The number of benzene rings is 3. The third-order valence-electron chi connectivity index (χ3n) is 4.79. The number of amidine groups is 1. The van der Waals surface area contributed by atoms with E-state index < -0.39 is 0 Å². The number of nitrogens with one attached hydrogen (secondary N) is 1. The minimum absolute atomic E-state index is 0.793. The van der Waals surface area contributed by atoms with E-state index in [-0.39, 0.29) is 0 Å². The van der Waals surface area contributed by atoms with E-state index in [4.69, 9.17) is 0 Å². The molecule has 3 aromatic carbocycles. The first-order valence-corrected chi connectivity index (χ1v) is 12.6. The molecular weight excluding hydrogens is 450 g/mol. The Labute approximate surface area is 228 Å². The lowest BCUT2D eigenvalue weighted by Crippen LogP contribution is -2.27. The maximum atomic E-state index is 4.59. The van der Waals surface area contributed by atoms with Crippen molar-refractivity contribution >= 4 is 17.2 Å². The van der Waals surface area contributed by atoms with Crippen LogP contribution in [0.2, 0.25) is 0 Å². The minimum atomic E-state index is 0.793. The van der Waals surface area contributed by atoms with Gasteiger partial charge in [0.25, 0.3) is 0 Å². The van der Waals surface area contributed by atoms with Crippen molar-refractivity contribution < 1.29 is 0 Å². The zero-order valence-electron chi connectivity index (χ0n) is 24.7. The number of allylic oxidation sites excluding steroid dienone is 1. The standard InChI is InChI=1S/C18H21N3.C8H10.C4H8.C2H6.C2H4/c1-14-10-8-9-13-18(14)20-16(3)21(4)15(2)19-17-11-6-5-7-12-17;1-7-5-3-4-6-8(7)2;1-4(2)3;2*1-2/h5-13,20H,3H2,1-2,4H3;3-6H,1-2H3;1H2,2-3H3;1-2H3;1-2H2. The number of aryl methyl sites for hydroxylation is 3. The topological polar surface area (TPSA) is 27.6 Å². The smallest absolute Gasteiger partial charge is 0.107 e. The summed E-state index contributed by atoms with van der Waals surface area (Å²) in [6.45, 7) is 29.9. The average molecular weight is 500 g/mol. The summed E-state index contributed by atoms with van der Waals surface area (Å²) in [5.74, 6) is 1.67. The molecule has 1 N–H and O–H groups in total. The summed E-state index contributed by atoms with van der Waals surface area (Å²) in [7, 11) is 1.95. The highest BCUT2D eigenvalue weighted by Crippen LogP contribution is 2.17. The lowest BCUT2D eigenvalue weighted by molar-refractivity contribution is 0.631. The average Bonchev–Trinajstić information content (AvgIpc) is 2.89. The molecule has 3 nitrogen and oxygen atoms in total. The molecule has 3 aromatic rings. The molecule has 0 unspecified atom stereocenters. The van der Waals surface area contributed by atoms with Gasteiger partial charge < -0.3 is 10.2 Å². The molecule has 0 aromatic heterocycles. The summed E-state index contributed by atoms with van der Waals surface area (Å²) in [4.78, 5) is 6.53. The van der Waals surface area contributed by atoms with Crippen LogP contribution < -0.4 is 5.32 Å². The van der Waals surface area contributed by atoms with Gasteiger partial charge in [0.05, 0.1) is 5.69 Å². The summed E-state index contributed by atoms with van der Waals surface area (Å²) in [6.07, 6.45) is 0. The van der Waals surface area contributed by atoms with E-state index in [1.807, 2.05) is 95.1 Å².